The lowest BCUT2D eigenvalue weighted by Gasteiger charge is -2.26. The van der Waals surface area contributed by atoms with E-state index in [2.05, 4.69) is 50.3 Å². The van der Waals surface area contributed by atoms with Crippen LogP contribution in [0.2, 0.25) is 0 Å². The Labute approximate surface area is 394 Å². The number of unbranched alkanes of at least 4 members (excludes halogenated alkanes) is 28. The van der Waals surface area contributed by atoms with E-state index in [1.54, 1.807) is 0 Å². The molecule has 0 bridgehead atoms. The molecule has 0 amide bonds. The molecule has 0 radical (unpaired) electrons. The number of carboxylic acid groups (broad SMARTS) is 1. The summed E-state index contributed by atoms with van der Waals surface area (Å²) in [6.45, 7) is 4.75. The van der Waals surface area contributed by atoms with E-state index in [0.29, 0.717) is 23.9 Å². The maximum Gasteiger partial charge on any atom is 0.306 e. The molecule has 0 aromatic rings. The molecule has 0 aliphatic heterocycles. The van der Waals surface area contributed by atoms with Crippen LogP contribution in [0.5, 0.6) is 0 Å². The SMILES string of the molecule is CCCCCCC/C=C\C/C=C\C/C=C\CCCCCCCCCCCCC(=O)OC(COC(=O)CCCCCCCCCCCCCCCC)COC(OCC[N+](C)(C)C)C(=O)[O-]. The lowest BCUT2D eigenvalue weighted by molar-refractivity contribution is -0.870. The first-order chi connectivity index (χ1) is 31.1. The number of nitrogens with zero attached hydrogens (tertiary/aromatic N) is 1. The van der Waals surface area contributed by atoms with Gasteiger partial charge in [0.25, 0.3) is 0 Å². The first kappa shape index (κ1) is 61.5. The molecular weight excluding hydrogens is 803 g/mol. The summed E-state index contributed by atoms with van der Waals surface area (Å²) in [6.07, 6.45) is 51.8. The van der Waals surface area contributed by atoms with Gasteiger partial charge in [-0.25, -0.2) is 0 Å². The Morgan fingerprint density at radius 3 is 1.25 bits per heavy atom. The van der Waals surface area contributed by atoms with E-state index in [1.807, 2.05) is 21.1 Å². The first-order valence-electron chi connectivity index (χ1n) is 26.6. The van der Waals surface area contributed by atoms with Crippen LogP contribution in [0.4, 0.5) is 0 Å². The van der Waals surface area contributed by atoms with Gasteiger partial charge in [0.1, 0.15) is 13.2 Å². The fraction of sp³-hybridized carbons (Fsp3) is 0.836. The first-order valence-corrected chi connectivity index (χ1v) is 26.6. The van der Waals surface area contributed by atoms with Gasteiger partial charge in [0, 0.05) is 12.8 Å². The van der Waals surface area contributed by atoms with Crippen LogP contribution in [0, 0.1) is 0 Å². The van der Waals surface area contributed by atoms with Crippen molar-refractivity contribution in [1.82, 2.24) is 0 Å². The number of allylic oxidation sites excluding steroid dienone is 6. The number of esters is 2. The fourth-order valence-corrected chi connectivity index (χ4v) is 7.48. The summed E-state index contributed by atoms with van der Waals surface area (Å²) in [6, 6.07) is 0. The minimum atomic E-state index is -1.62. The van der Waals surface area contributed by atoms with Crippen LogP contribution >= 0.6 is 0 Å². The molecule has 0 aliphatic rings. The van der Waals surface area contributed by atoms with Gasteiger partial charge in [0.15, 0.2) is 12.4 Å². The van der Waals surface area contributed by atoms with E-state index < -0.39 is 24.3 Å². The van der Waals surface area contributed by atoms with Crippen LogP contribution in [-0.2, 0) is 33.3 Å². The standard InChI is InChI=1S/C55H101NO8/c1-6-8-10-12-14-16-18-20-22-23-24-25-26-27-28-29-30-31-32-34-36-38-40-42-44-46-53(58)64-51(50-63-55(54(59)60)61-48-47-56(3,4)5)49-62-52(57)45-43-41-39-37-35-33-21-19-17-15-13-11-9-7-2/h18,20,23-24,26-27,51,55H,6-17,19,21-22,25,28-50H2,1-5H3/b20-18-,24-23-,27-26-. The predicted octanol–water partition coefficient (Wildman–Crippen LogP) is 13.6. The molecule has 9 nitrogen and oxygen atoms in total. The number of carboxylic acids is 1. The second-order valence-electron chi connectivity index (χ2n) is 19.2. The maximum atomic E-state index is 12.8. The van der Waals surface area contributed by atoms with Crippen LogP contribution in [-0.4, -0.2) is 82.3 Å². The Morgan fingerprint density at radius 2 is 0.844 bits per heavy atom. The molecule has 374 valence electrons. The summed E-state index contributed by atoms with van der Waals surface area (Å²) in [5.74, 6) is -2.28. The van der Waals surface area contributed by atoms with Gasteiger partial charge < -0.3 is 33.3 Å². The summed E-state index contributed by atoms with van der Waals surface area (Å²) >= 11 is 0. The molecule has 0 aliphatic carbocycles. The van der Waals surface area contributed by atoms with Crippen molar-refractivity contribution < 1.29 is 42.9 Å². The third kappa shape index (κ3) is 47.5. The Balaban J connectivity index is 4.27. The van der Waals surface area contributed by atoms with Crippen molar-refractivity contribution >= 4 is 17.9 Å². The van der Waals surface area contributed by atoms with Gasteiger partial charge in [-0.2, -0.15) is 0 Å². The third-order valence-corrected chi connectivity index (χ3v) is 11.6. The average Bonchev–Trinajstić information content (AvgIpc) is 3.26. The Kier molecular flexibility index (Phi) is 45.2. The van der Waals surface area contributed by atoms with E-state index in [4.69, 9.17) is 18.9 Å². The maximum absolute atomic E-state index is 12.8. The van der Waals surface area contributed by atoms with Crippen molar-refractivity contribution in [2.24, 2.45) is 0 Å². The highest BCUT2D eigenvalue weighted by Crippen LogP contribution is 2.16. The van der Waals surface area contributed by atoms with E-state index >= 15 is 0 Å². The number of aliphatic carboxylic acids is 1. The zero-order valence-corrected chi connectivity index (χ0v) is 42.4. The third-order valence-electron chi connectivity index (χ3n) is 11.6. The van der Waals surface area contributed by atoms with Crippen molar-refractivity contribution in [3.63, 3.8) is 0 Å². The summed E-state index contributed by atoms with van der Waals surface area (Å²) in [4.78, 5) is 37.1. The normalized spacial score (nSPS) is 13.1. The van der Waals surface area contributed by atoms with Gasteiger partial charge in [-0.15, -0.1) is 0 Å². The van der Waals surface area contributed by atoms with Crippen molar-refractivity contribution in [3.8, 4) is 0 Å². The molecule has 0 saturated heterocycles. The monoisotopic (exact) mass is 904 g/mol. The van der Waals surface area contributed by atoms with E-state index in [-0.39, 0.29) is 32.2 Å². The molecule has 0 aromatic heterocycles. The molecular formula is C55H101NO8. The van der Waals surface area contributed by atoms with Crippen LogP contribution in [0.25, 0.3) is 0 Å². The van der Waals surface area contributed by atoms with E-state index in [9.17, 15) is 19.5 Å². The Hall–Kier alpha value is -2.49. The zero-order chi connectivity index (χ0) is 47.0. The van der Waals surface area contributed by atoms with Gasteiger partial charge in [-0.05, 0) is 51.4 Å². The molecule has 0 spiro atoms. The Morgan fingerprint density at radius 1 is 0.469 bits per heavy atom. The molecule has 0 fully saturated rings. The quantitative estimate of drug-likeness (QED) is 0.0195. The molecule has 0 rings (SSSR count). The molecule has 9 heteroatoms. The Bertz CT molecular complexity index is 1150. The second-order valence-corrected chi connectivity index (χ2v) is 19.2. The van der Waals surface area contributed by atoms with Gasteiger partial charge >= 0.3 is 11.9 Å². The van der Waals surface area contributed by atoms with E-state index in [1.165, 1.54) is 154 Å². The summed E-state index contributed by atoms with van der Waals surface area (Å²) in [7, 11) is 5.92. The van der Waals surface area contributed by atoms with E-state index in [0.717, 1.165) is 51.4 Å². The van der Waals surface area contributed by atoms with Crippen LogP contribution < -0.4 is 5.11 Å². The molecule has 0 N–H and O–H groups in total. The summed E-state index contributed by atoms with van der Waals surface area (Å²) in [5.41, 5.74) is 0. The van der Waals surface area contributed by atoms with Crippen molar-refractivity contribution in [3.05, 3.63) is 36.5 Å². The number of rotatable bonds is 49. The van der Waals surface area contributed by atoms with Gasteiger partial charge in [-0.1, -0.05) is 211 Å². The number of carbonyl (C=O) groups is 3. The lowest BCUT2D eigenvalue weighted by Crippen LogP contribution is -2.44. The predicted molar refractivity (Wildman–Crippen MR) is 265 cm³/mol. The minimum Gasteiger partial charge on any atom is -0.545 e. The number of quaternary nitrogens is 1. The molecule has 0 heterocycles. The summed E-state index contributed by atoms with van der Waals surface area (Å²) < 4.78 is 22.6. The molecule has 0 saturated carbocycles. The number of carbonyl (C=O) groups excluding carboxylic acids is 3. The highest BCUT2D eigenvalue weighted by atomic mass is 16.7. The average molecular weight is 904 g/mol. The van der Waals surface area contributed by atoms with Gasteiger partial charge in [-0.3, -0.25) is 9.59 Å². The lowest BCUT2D eigenvalue weighted by atomic mass is 10.0. The van der Waals surface area contributed by atoms with Gasteiger partial charge in [0.2, 0.25) is 0 Å². The number of hydrogen-bond donors (Lipinski definition) is 0. The highest BCUT2D eigenvalue weighted by Gasteiger charge is 2.22. The van der Waals surface area contributed by atoms with Crippen molar-refractivity contribution in [1.29, 1.82) is 0 Å². The number of hydrogen-bond acceptors (Lipinski definition) is 8. The molecule has 2 atom stereocenters. The van der Waals surface area contributed by atoms with Crippen LogP contribution in [0.1, 0.15) is 239 Å². The second kappa shape index (κ2) is 47.0. The van der Waals surface area contributed by atoms with Crippen LogP contribution in [0.15, 0.2) is 36.5 Å². The largest absolute Gasteiger partial charge is 0.545 e. The molecule has 0 aromatic carbocycles. The number of ether oxygens (including phenoxy) is 4. The zero-order valence-electron chi connectivity index (χ0n) is 42.4. The summed E-state index contributed by atoms with van der Waals surface area (Å²) in [5, 5.41) is 11.7. The topological polar surface area (TPSA) is 111 Å². The highest BCUT2D eigenvalue weighted by molar-refractivity contribution is 5.70. The van der Waals surface area contributed by atoms with Crippen molar-refractivity contribution in [2.75, 3.05) is 47.5 Å². The van der Waals surface area contributed by atoms with Crippen LogP contribution in [0.3, 0.4) is 0 Å². The number of likely N-dealkylation sites (N-methyl/N-ethyl adjacent to an activating group) is 1. The minimum absolute atomic E-state index is 0.148. The van der Waals surface area contributed by atoms with Gasteiger partial charge in [0.05, 0.1) is 40.3 Å². The fourth-order valence-electron chi connectivity index (χ4n) is 7.48. The molecule has 64 heavy (non-hydrogen) atoms. The smallest absolute Gasteiger partial charge is 0.306 e. The molecule has 2 unspecified atom stereocenters. The van der Waals surface area contributed by atoms with Crippen molar-refractivity contribution in [2.45, 2.75) is 251 Å².